The monoisotopic (exact) mass is 430 g/mol. The van der Waals surface area contributed by atoms with Gasteiger partial charge in [-0.05, 0) is 55.5 Å². The molecule has 4 aromatic rings. The highest BCUT2D eigenvalue weighted by atomic mass is 35.5. The van der Waals surface area contributed by atoms with Crippen molar-refractivity contribution in [3.8, 4) is 5.69 Å². The summed E-state index contributed by atoms with van der Waals surface area (Å²) in [7, 11) is 0. The molecule has 0 atom stereocenters. The second-order valence-corrected chi connectivity index (χ2v) is 7.27. The first-order valence-corrected chi connectivity index (χ1v) is 9.99. The van der Waals surface area contributed by atoms with Crippen LogP contribution < -0.4 is 10.6 Å². The molecular weight excluding hydrogens is 412 g/mol. The fraction of sp³-hybridized carbons (Fsp3) is 0.0417. The number of hydrogen-bond donors (Lipinski definition) is 2. The van der Waals surface area contributed by atoms with Gasteiger partial charge in [0, 0.05) is 16.4 Å². The Morgan fingerprint density at radius 2 is 1.32 bits per heavy atom. The van der Waals surface area contributed by atoms with Crippen molar-refractivity contribution in [2.24, 2.45) is 0 Å². The topological polar surface area (TPSA) is 76.0 Å². The molecule has 0 fully saturated rings. The molecule has 0 spiro atoms. The molecule has 0 radical (unpaired) electrons. The van der Waals surface area contributed by atoms with Crippen molar-refractivity contribution in [3.05, 3.63) is 107 Å². The second-order valence-electron chi connectivity index (χ2n) is 6.84. The summed E-state index contributed by atoms with van der Waals surface area (Å²) < 4.78 is 1.59. The number of nitrogens with zero attached hydrogens (tertiary/aromatic N) is 2. The van der Waals surface area contributed by atoms with Crippen LogP contribution in [0.25, 0.3) is 5.69 Å². The van der Waals surface area contributed by atoms with E-state index in [-0.39, 0.29) is 11.3 Å². The Labute approximate surface area is 184 Å². The molecule has 0 bridgehead atoms. The van der Waals surface area contributed by atoms with E-state index in [0.29, 0.717) is 22.1 Å². The summed E-state index contributed by atoms with van der Waals surface area (Å²) in [6.45, 7) is 1.76. The minimum Gasteiger partial charge on any atom is -0.322 e. The predicted molar refractivity (Wildman–Crippen MR) is 122 cm³/mol. The quantitative estimate of drug-likeness (QED) is 0.448. The Kier molecular flexibility index (Phi) is 5.82. The van der Waals surface area contributed by atoms with Crippen LogP contribution in [0, 0.1) is 6.92 Å². The maximum atomic E-state index is 13.2. The Balaban J connectivity index is 1.74. The summed E-state index contributed by atoms with van der Waals surface area (Å²) in [6, 6.07) is 25.1. The number of benzene rings is 3. The third-order valence-electron chi connectivity index (χ3n) is 4.69. The van der Waals surface area contributed by atoms with E-state index in [1.54, 1.807) is 48.0 Å². The number of para-hydroxylation sites is 2. The molecule has 3 aromatic carbocycles. The van der Waals surface area contributed by atoms with Crippen LogP contribution in [0.5, 0.6) is 0 Å². The van der Waals surface area contributed by atoms with Gasteiger partial charge in [0.2, 0.25) is 0 Å². The zero-order valence-corrected chi connectivity index (χ0v) is 17.4. The summed E-state index contributed by atoms with van der Waals surface area (Å²) in [5, 5.41) is 10.7. The molecule has 154 valence electrons. The summed E-state index contributed by atoms with van der Waals surface area (Å²) in [6.07, 6.45) is 0. The molecule has 0 unspecified atom stereocenters. The van der Waals surface area contributed by atoms with Gasteiger partial charge in [-0.1, -0.05) is 48.0 Å². The van der Waals surface area contributed by atoms with Gasteiger partial charge >= 0.3 is 0 Å². The van der Waals surface area contributed by atoms with Crippen molar-refractivity contribution in [2.45, 2.75) is 6.92 Å². The number of halogens is 1. The lowest BCUT2D eigenvalue weighted by atomic mass is 10.1. The molecule has 1 heterocycles. The number of hydrogen-bond acceptors (Lipinski definition) is 3. The van der Waals surface area contributed by atoms with Crippen LogP contribution in [0.4, 0.5) is 11.4 Å². The molecule has 7 heteroatoms. The molecule has 31 heavy (non-hydrogen) atoms. The minimum absolute atomic E-state index is 0.0386. The highest BCUT2D eigenvalue weighted by Gasteiger charge is 2.27. The smallest absolute Gasteiger partial charge is 0.277 e. The van der Waals surface area contributed by atoms with Gasteiger partial charge in [-0.25, -0.2) is 4.68 Å². The Morgan fingerprint density at radius 1 is 0.774 bits per heavy atom. The first kappa shape index (κ1) is 20.4. The predicted octanol–water partition coefficient (Wildman–Crippen LogP) is 5.34. The fourth-order valence-corrected chi connectivity index (χ4v) is 3.32. The van der Waals surface area contributed by atoms with Crippen LogP contribution in [0.3, 0.4) is 0 Å². The van der Waals surface area contributed by atoms with Crippen LogP contribution in [-0.2, 0) is 0 Å². The lowest BCUT2D eigenvalue weighted by Gasteiger charge is -2.08. The van der Waals surface area contributed by atoms with Crippen LogP contribution in [0.2, 0.25) is 5.02 Å². The molecule has 4 rings (SSSR count). The molecule has 0 saturated carbocycles. The van der Waals surface area contributed by atoms with E-state index in [0.717, 1.165) is 5.69 Å². The lowest BCUT2D eigenvalue weighted by molar-refractivity contribution is 0.0988. The summed E-state index contributed by atoms with van der Waals surface area (Å²) in [5.74, 6) is -0.898. The van der Waals surface area contributed by atoms with Gasteiger partial charge in [0.05, 0.1) is 16.9 Å². The number of rotatable bonds is 5. The second kappa shape index (κ2) is 8.85. The van der Waals surface area contributed by atoms with Crippen molar-refractivity contribution in [3.63, 3.8) is 0 Å². The third kappa shape index (κ3) is 4.49. The third-order valence-corrected chi connectivity index (χ3v) is 4.94. The molecule has 0 saturated heterocycles. The Bertz CT molecular complexity index is 1220. The Hall–Kier alpha value is -3.90. The lowest BCUT2D eigenvalue weighted by Crippen LogP contribution is -2.20. The van der Waals surface area contributed by atoms with E-state index < -0.39 is 11.8 Å². The van der Waals surface area contributed by atoms with Gasteiger partial charge < -0.3 is 10.6 Å². The maximum Gasteiger partial charge on any atom is 0.277 e. The van der Waals surface area contributed by atoms with E-state index in [9.17, 15) is 9.59 Å². The maximum absolute atomic E-state index is 13.2. The van der Waals surface area contributed by atoms with Gasteiger partial charge in [0.15, 0.2) is 5.69 Å². The van der Waals surface area contributed by atoms with Gasteiger partial charge in [0.1, 0.15) is 0 Å². The standard InChI is InChI=1S/C24H19ClN4O2/c1-16-21(23(30)26-19-14-12-17(25)13-15-19)22(24(31)27-18-8-4-2-5-9-18)28-29(16)20-10-6-3-7-11-20/h2-15H,1H3,(H,26,30)(H,27,31). The SMILES string of the molecule is Cc1c(C(=O)Nc2ccc(Cl)cc2)c(C(=O)Nc2ccccc2)nn1-c1ccccc1. The Morgan fingerprint density at radius 3 is 1.97 bits per heavy atom. The van der Waals surface area contributed by atoms with Crippen molar-refractivity contribution < 1.29 is 9.59 Å². The first-order chi connectivity index (χ1) is 15.0. The molecule has 1 aromatic heterocycles. The number of amides is 2. The van der Waals surface area contributed by atoms with E-state index >= 15 is 0 Å². The van der Waals surface area contributed by atoms with E-state index in [1.807, 2.05) is 48.5 Å². The first-order valence-electron chi connectivity index (χ1n) is 9.61. The molecule has 2 N–H and O–H groups in total. The van der Waals surface area contributed by atoms with Crippen LogP contribution in [-0.4, -0.2) is 21.6 Å². The molecule has 0 aliphatic rings. The highest BCUT2D eigenvalue weighted by molar-refractivity contribution is 6.30. The minimum atomic E-state index is -0.467. The van der Waals surface area contributed by atoms with E-state index in [2.05, 4.69) is 15.7 Å². The molecule has 0 aliphatic carbocycles. The zero-order valence-electron chi connectivity index (χ0n) is 16.7. The molecule has 6 nitrogen and oxygen atoms in total. The van der Waals surface area contributed by atoms with Crippen molar-refractivity contribution in [1.29, 1.82) is 0 Å². The van der Waals surface area contributed by atoms with Crippen LogP contribution >= 0.6 is 11.6 Å². The number of nitrogens with one attached hydrogen (secondary N) is 2. The van der Waals surface area contributed by atoms with E-state index in [1.165, 1.54) is 0 Å². The summed E-state index contributed by atoms with van der Waals surface area (Å²) in [4.78, 5) is 26.2. The normalized spacial score (nSPS) is 10.5. The molecular formula is C24H19ClN4O2. The van der Waals surface area contributed by atoms with Crippen molar-refractivity contribution in [2.75, 3.05) is 10.6 Å². The number of carbonyl (C=O) groups excluding carboxylic acids is 2. The number of carbonyl (C=O) groups is 2. The van der Waals surface area contributed by atoms with Crippen LogP contribution in [0.15, 0.2) is 84.9 Å². The number of anilines is 2. The average molecular weight is 431 g/mol. The summed E-state index contributed by atoms with van der Waals surface area (Å²) in [5.41, 5.74) is 2.72. The van der Waals surface area contributed by atoms with Crippen LogP contribution in [0.1, 0.15) is 26.5 Å². The van der Waals surface area contributed by atoms with Gasteiger partial charge in [0.25, 0.3) is 11.8 Å². The summed E-state index contributed by atoms with van der Waals surface area (Å²) >= 11 is 5.93. The molecule has 2 amide bonds. The van der Waals surface area contributed by atoms with Gasteiger partial charge in [-0.15, -0.1) is 0 Å². The van der Waals surface area contributed by atoms with Gasteiger partial charge in [-0.2, -0.15) is 5.10 Å². The largest absolute Gasteiger partial charge is 0.322 e. The van der Waals surface area contributed by atoms with E-state index in [4.69, 9.17) is 11.6 Å². The van der Waals surface area contributed by atoms with Crippen molar-refractivity contribution >= 4 is 34.8 Å². The average Bonchev–Trinajstić information content (AvgIpc) is 3.14. The number of aromatic nitrogens is 2. The highest BCUT2D eigenvalue weighted by Crippen LogP contribution is 2.22. The van der Waals surface area contributed by atoms with Crippen molar-refractivity contribution in [1.82, 2.24) is 9.78 Å². The zero-order chi connectivity index (χ0) is 21.8. The van der Waals surface area contributed by atoms with Gasteiger partial charge in [-0.3, -0.25) is 9.59 Å². The molecule has 0 aliphatic heterocycles. The fourth-order valence-electron chi connectivity index (χ4n) is 3.19.